The minimum atomic E-state index is -1.77. The first-order valence-electron chi connectivity index (χ1n) is 1.92. The maximum atomic E-state index is 4.95. The van der Waals surface area contributed by atoms with Gasteiger partial charge in [0.1, 0.15) is 0 Å². The van der Waals surface area contributed by atoms with E-state index in [4.69, 9.17) is 29.5 Å². The van der Waals surface area contributed by atoms with Gasteiger partial charge in [0, 0.05) is 0 Å². The van der Waals surface area contributed by atoms with Crippen LogP contribution in [0.3, 0.4) is 0 Å². The molecule has 0 saturated carbocycles. The van der Waals surface area contributed by atoms with Crippen LogP contribution >= 0.6 is 29.5 Å². The van der Waals surface area contributed by atoms with Crippen molar-refractivity contribution in [1.29, 1.82) is 0 Å². The molecule has 0 fully saturated rings. The average molecular weight is 215 g/mol. The van der Waals surface area contributed by atoms with E-state index in [2.05, 4.69) is 13.8 Å². The Kier molecular flexibility index (Phi) is 48.0. The molecule has 0 aliphatic heterocycles. The fourth-order valence-electron chi connectivity index (χ4n) is 0. The molecule has 54 valence electrons. The monoisotopic (exact) mass is 214 g/mol. The molecule has 0 nitrogen and oxygen atoms in total. The Morgan fingerprint density at radius 3 is 0.875 bits per heavy atom. The Balaban J connectivity index is -0.0000000542. The van der Waals surface area contributed by atoms with Crippen LogP contribution in [0.2, 0.25) is 0 Å². The molecule has 0 atom stereocenters. The second kappa shape index (κ2) is 23.7. The van der Waals surface area contributed by atoms with E-state index in [1.807, 2.05) is 0 Å². The normalized spacial score (nSPS) is 6.00. The Morgan fingerprint density at radius 1 is 0.875 bits per heavy atom. The average Bonchev–Trinajstić information content (AvgIpc) is 1.75. The SMILES string of the molecule is [CH2-]C.[CH2-]C.[Cl][V]([Cl])[Cl]. The van der Waals surface area contributed by atoms with Gasteiger partial charge in [0.05, 0.1) is 0 Å². The zero-order valence-corrected chi connectivity index (χ0v) is 8.66. The first-order chi connectivity index (χ1) is 3.73. The van der Waals surface area contributed by atoms with E-state index >= 15 is 0 Å². The van der Waals surface area contributed by atoms with Crippen LogP contribution in [0.15, 0.2) is 0 Å². The van der Waals surface area contributed by atoms with Crippen molar-refractivity contribution in [1.82, 2.24) is 0 Å². The predicted molar refractivity (Wildman–Crippen MR) is 39.6 cm³/mol. The summed E-state index contributed by atoms with van der Waals surface area (Å²) in [7, 11) is 14.9. The molecule has 0 spiro atoms. The van der Waals surface area contributed by atoms with Crippen LogP contribution in [0.5, 0.6) is 0 Å². The number of rotatable bonds is 0. The summed E-state index contributed by atoms with van der Waals surface area (Å²) in [5, 5.41) is 0. The molecule has 0 N–H and O–H groups in total. The van der Waals surface area contributed by atoms with Crippen LogP contribution in [0, 0.1) is 13.8 Å². The molecule has 0 amide bonds. The first kappa shape index (κ1) is 16.2. The molecular weight excluding hydrogens is 205 g/mol. The maximum absolute atomic E-state index is 4.95. The summed E-state index contributed by atoms with van der Waals surface area (Å²) in [5.74, 6) is 0. The van der Waals surface area contributed by atoms with Gasteiger partial charge < -0.3 is 13.8 Å². The Labute approximate surface area is 69.4 Å². The van der Waals surface area contributed by atoms with Gasteiger partial charge in [-0.25, -0.2) is 0 Å². The fourth-order valence-corrected chi connectivity index (χ4v) is 0. The van der Waals surface area contributed by atoms with E-state index in [1.165, 1.54) is 0 Å². The zero-order valence-electron chi connectivity index (χ0n) is 5.00. The Morgan fingerprint density at radius 2 is 0.875 bits per heavy atom. The summed E-state index contributed by atoms with van der Waals surface area (Å²) in [4.78, 5) is 0. The van der Waals surface area contributed by atoms with E-state index in [1.54, 1.807) is 13.8 Å². The van der Waals surface area contributed by atoms with Crippen LogP contribution in [0.25, 0.3) is 0 Å². The topological polar surface area (TPSA) is 0 Å². The Bertz CT molecular complexity index is 16.0. The third-order valence-electron chi connectivity index (χ3n) is 0. The number of halogens is 3. The van der Waals surface area contributed by atoms with Gasteiger partial charge in [-0.3, -0.25) is 0 Å². The van der Waals surface area contributed by atoms with Crippen LogP contribution in [-0.2, 0) is 12.3 Å². The summed E-state index contributed by atoms with van der Waals surface area (Å²) in [6.45, 7) is 10.0. The summed E-state index contributed by atoms with van der Waals surface area (Å²) in [6.07, 6.45) is 0. The van der Waals surface area contributed by atoms with Gasteiger partial charge in [-0.2, -0.15) is 13.8 Å². The van der Waals surface area contributed by atoms with E-state index in [0.717, 1.165) is 0 Å². The van der Waals surface area contributed by atoms with Crippen molar-refractivity contribution in [3.05, 3.63) is 13.8 Å². The van der Waals surface area contributed by atoms with Gasteiger partial charge in [-0.1, -0.05) is 0 Å². The molecule has 0 bridgehead atoms. The van der Waals surface area contributed by atoms with Crippen LogP contribution in [-0.4, -0.2) is 0 Å². The molecule has 0 aromatic rings. The molecule has 0 radical (unpaired) electrons. The standard InChI is InChI=1S/2C2H5.3ClH.V/c2*1-2;;;;/h2*1H2,2H3;3*1H;/q2*-1;;;;+3/p-3. The van der Waals surface area contributed by atoms with Crippen LogP contribution in [0.4, 0.5) is 0 Å². The molecule has 0 unspecified atom stereocenters. The van der Waals surface area contributed by atoms with Gasteiger partial charge in [0.25, 0.3) is 0 Å². The summed E-state index contributed by atoms with van der Waals surface area (Å²) < 4.78 is 0. The van der Waals surface area contributed by atoms with Crippen molar-refractivity contribution in [2.45, 2.75) is 13.8 Å². The summed E-state index contributed by atoms with van der Waals surface area (Å²) in [6, 6.07) is 0. The Hall–Kier alpha value is 1.45. The quantitative estimate of drug-likeness (QED) is 0.540. The van der Waals surface area contributed by atoms with Crippen molar-refractivity contribution in [2.24, 2.45) is 0 Å². The molecular formula is C4H10Cl3V-2. The van der Waals surface area contributed by atoms with Gasteiger partial charge in [0.15, 0.2) is 0 Å². The number of hydrogen-bond acceptors (Lipinski definition) is 0. The second-order valence-corrected chi connectivity index (χ2v) is 7.11. The van der Waals surface area contributed by atoms with E-state index in [0.29, 0.717) is 0 Å². The molecule has 0 aliphatic carbocycles. The van der Waals surface area contributed by atoms with Gasteiger partial charge in [0.2, 0.25) is 0 Å². The molecule has 8 heavy (non-hydrogen) atoms. The summed E-state index contributed by atoms with van der Waals surface area (Å²) in [5.41, 5.74) is 0. The third kappa shape index (κ3) is 147. The molecule has 0 aromatic heterocycles. The molecule has 0 rings (SSSR count). The van der Waals surface area contributed by atoms with Crippen LogP contribution in [0.1, 0.15) is 13.8 Å². The van der Waals surface area contributed by atoms with Gasteiger partial charge in [-0.15, -0.1) is 0 Å². The van der Waals surface area contributed by atoms with Crippen molar-refractivity contribution >= 4 is 29.5 Å². The zero-order chi connectivity index (χ0) is 7.58. The minimum absolute atomic E-state index is 1.75. The van der Waals surface area contributed by atoms with Crippen molar-refractivity contribution in [3.63, 3.8) is 0 Å². The third-order valence-corrected chi connectivity index (χ3v) is 0. The van der Waals surface area contributed by atoms with E-state index < -0.39 is 12.3 Å². The van der Waals surface area contributed by atoms with Crippen molar-refractivity contribution in [2.75, 3.05) is 0 Å². The molecule has 4 heteroatoms. The summed E-state index contributed by atoms with van der Waals surface area (Å²) >= 11 is -1.77. The van der Waals surface area contributed by atoms with Gasteiger partial charge in [-0.05, 0) is 0 Å². The fraction of sp³-hybridized carbons (Fsp3) is 0.500. The second-order valence-electron chi connectivity index (χ2n) is 0.192. The van der Waals surface area contributed by atoms with E-state index in [9.17, 15) is 0 Å². The first-order valence-corrected chi connectivity index (χ1v) is 7.69. The number of hydrogen-bond donors (Lipinski definition) is 0. The molecule has 0 aromatic carbocycles. The molecule has 0 heterocycles. The van der Waals surface area contributed by atoms with Crippen molar-refractivity contribution < 1.29 is 12.3 Å². The molecule has 0 saturated heterocycles. The van der Waals surface area contributed by atoms with Crippen LogP contribution < -0.4 is 0 Å². The van der Waals surface area contributed by atoms with Crippen molar-refractivity contribution in [3.8, 4) is 0 Å². The molecule has 0 aliphatic rings. The van der Waals surface area contributed by atoms with Gasteiger partial charge >= 0.3 is 41.8 Å². The predicted octanol–water partition coefficient (Wildman–Crippen LogP) is 3.75. The van der Waals surface area contributed by atoms with E-state index in [-0.39, 0.29) is 0 Å².